The van der Waals surface area contributed by atoms with Gasteiger partial charge in [-0.2, -0.15) is 4.98 Å². The molecule has 2 aliphatic rings. The molecule has 2 unspecified atom stereocenters. The summed E-state index contributed by atoms with van der Waals surface area (Å²) in [6, 6.07) is 0. The third kappa shape index (κ3) is 2.82. The molecule has 3 rings (SSSR count). The molecule has 1 N–H and O–H groups in total. The van der Waals surface area contributed by atoms with E-state index in [4.69, 9.17) is 4.52 Å². The number of likely N-dealkylation sites (tertiary alicyclic amines) is 1. The fourth-order valence-corrected chi connectivity index (χ4v) is 3.07. The molecule has 106 valence electrons. The van der Waals surface area contributed by atoms with E-state index in [0.29, 0.717) is 0 Å². The van der Waals surface area contributed by atoms with Crippen molar-refractivity contribution in [3.8, 4) is 0 Å². The molecule has 2 aliphatic heterocycles. The molecule has 2 fully saturated rings. The summed E-state index contributed by atoms with van der Waals surface area (Å²) in [6.07, 6.45) is 1.29. The van der Waals surface area contributed by atoms with Crippen LogP contribution in [0.1, 0.15) is 38.9 Å². The monoisotopic (exact) mass is 264 g/mol. The van der Waals surface area contributed by atoms with Crippen molar-refractivity contribution in [1.82, 2.24) is 20.4 Å². The van der Waals surface area contributed by atoms with Crippen LogP contribution in [0.3, 0.4) is 0 Å². The number of rotatable bonds is 2. The molecule has 0 bridgehead atoms. The predicted molar refractivity (Wildman–Crippen MR) is 72.7 cm³/mol. The number of nitrogens with zero attached hydrogens (tertiary/aromatic N) is 3. The highest BCUT2D eigenvalue weighted by molar-refractivity contribution is 5.00. The highest BCUT2D eigenvalue weighted by Gasteiger charge is 2.33. The van der Waals surface area contributed by atoms with Gasteiger partial charge in [0.15, 0.2) is 5.82 Å². The molecule has 3 heterocycles. The van der Waals surface area contributed by atoms with Gasteiger partial charge in [-0.05, 0) is 37.9 Å². The third-order valence-corrected chi connectivity index (χ3v) is 4.29. The van der Waals surface area contributed by atoms with Crippen LogP contribution < -0.4 is 5.32 Å². The standard InChI is InChI=1S/C14H24N4O/c1-14(2,3)13-16-12(19-17-13)9-18-5-4-10-6-15-7-11(10)8-18/h10-11,15H,4-9H2,1-3H3. The Balaban J connectivity index is 1.61. The summed E-state index contributed by atoms with van der Waals surface area (Å²) in [5.41, 5.74) is -0.0376. The largest absolute Gasteiger partial charge is 0.338 e. The second kappa shape index (κ2) is 4.87. The Bertz CT molecular complexity index is 437. The zero-order valence-corrected chi connectivity index (χ0v) is 12.1. The molecule has 5 heteroatoms. The molecule has 0 aromatic carbocycles. The van der Waals surface area contributed by atoms with Gasteiger partial charge in [-0.3, -0.25) is 4.90 Å². The fraction of sp³-hybridized carbons (Fsp3) is 0.857. The Morgan fingerprint density at radius 2 is 2.11 bits per heavy atom. The van der Waals surface area contributed by atoms with E-state index in [-0.39, 0.29) is 5.41 Å². The molecule has 19 heavy (non-hydrogen) atoms. The first-order chi connectivity index (χ1) is 9.02. The minimum absolute atomic E-state index is 0.0376. The highest BCUT2D eigenvalue weighted by atomic mass is 16.5. The highest BCUT2D eigenvalue weighted by Crippen LogP contribution is 2.27. The summed E-state index contributed by atoms with van der Waals surface area (Å²) in [7, 11) is 0. The van der Waals surface area contributed by atoms with E-state index in [1.54, 1.807) is 0 Å². The van der Waals surface area contributed by atoms with Gasteiger partial charge in [0, 0.05) is 12.0 Å². The van der Waals surface area contributed by atoms with E-state index >= 15 is 0 Å². The Kier molecular flexibility index (Phi) is 3.35. The molecular weight excluding hydrogens is 240 g/mol. The van der Waals surface area contributed by atoms with E-state index < -0.39 is 0 Å². The van der Waals surface area contributed by atoms with Crippen LogP contribution in [-0.2, 0) is 12.0 Å². The van der Waals surface area contributed by atoms with Gasteiger partial charge in [-0.25, -0.2) is 0 Å². The topological polar surface area (TPSA) is 54.2 Å². The minimum Gasteiger partial charge on any atom is -0.338 e. The van der Waals surface area contributed by atoms with E-state index in [0.717, 1.165) is 49.7 Å². The summed E-state index contributed by atoms with van der Waals surface area (Å²) in [4.78, 5) is 6.98. The van der Waals surface area contributed by atoms with E-state index in [9.17, 15) is 0 Å². The lowest BCUT2D eigenvalue weighted by Crippen LogP contribution is -2.39. The zero-order valence-electron chi connectivity index (χ0n) is 12.1. The van der Waals surface area contributed by atoms with Crippen molar-refractivity contribution >= 4 is 0 Å². The number of aromatic nitrogens is 2. The minimum atomic E-state index is -0.0376. The van der Waals surface area contributed by atoms with Gasteiger partial charge >= 0.3 is 0 Å². The molecule has 2 saturated heterocycles. The molecule has 0 spiro atoms. The third-order valence-electron chi connectivity index (χ3n) is 4.29. The molecule has 0 radical (unpaired) electrons. The van der Waals surface area contributed by atoms with Crippen LogP contribution in [0.2, 0.25) is 0 Å². The summed E-state index contributed by atoms with van der Waals surface area (Å²) in [5.74, 6) is 3.25. The normalized spacial score (nSPS) is 28.6. The van der Waals surface area contributed by atoms with Crippen LogP contribution in [-0.4, -0.2) is 41.2 Å². The number of hydrogen-bond donors (Lipinski definition) is 1. The summed E-state index contributed by atoms with van der Waals surface area (Å²) >= 11 is 0. The van der Waals surface area contributed by atoms with Crippen molar-refractivity contribution in [2.75, 3.05) is 26.2 Å². The van der Waals surface area contributed by atoms with Crippen molar-refractivity contribution in [2.45, 2.75) is 39.2 Å². The average Bonchev–Trinajstić information content (AvgIpc) is 2.95. The van der Waals surface area contributed by atoms with E-state index in [1.807, 2.05) is 0 Å². The van der Waals surface area contributed by atoms with Crippen LogP contribution in [0.15, 0.2) is 4.52 Å². The molecule has 0 saturated carbocycles. The molecule has 0 amide bonds. The van der Waals surface area contributed by atoms with Crippen molar-refractivity contribution in [1.29, 1.82) is 0 Å². The Labute approximate surface area is 114 Å². The quantitative estimate of drug-likeness (QED) is 0.875. The fourth-order valence-electron chi connectivity index (χ4n) is 3.07. The first-order valence-electron chi connectivity index (χ1n) is 7.28. The summed E-state index contributed by atoms with van der Waals surface area (Å²) in [6.45, 7) is 11.8. The number of piperidine rings is 1. The molecule has 0 aliphatic carbocycles. The average molecular weight is 264 g/mol. The van der Waals surface area contributed by atoms with Crippen molar-refractivity contribution < 1.29 is 4.52 Å². The maximum absolute atomic E-state index is 5.39. The van der Waals surface area contributed by atoms with Crippen molar-refractivity contribution in [2.24, 2.45) is 11.8 Å². The van der Waals surface area contributed by atoms with Crippen LogP contribution in [0.4, 0.5) is 0 Å². The summed E-state index contributed by atoms with van der Waals surface area (Å²) < 4.78 is 5.39. The first kappa shape index (κ1) is 13.1. The number of nitrogens with one attached hydrogen (secondary N) is 1. The van der Waals surface area contributed by atoms with Crippen molar-refractivity contribution in [3.63, 3.8) is 0 Å². The smallest absolute Gasteiger partial charge is 0.240 e. The van der Waals surface area contributed by atoms with Gasteiger partial charge in [-0.15, -0.1) is 0 Å². The van der Waals surface area contributed by atoms with Crippen molar-refractivity contribution in [3.05, 3.63) is 11.7 Å². The van der Waals surface area contributed by atoms with Gasteiger partial charge in [0.05, 0.1) is 6.54 Å². The second-order valence-corrected chi connectivity index (χ2v) is 6.96. The van der Waals surface area contributed by atoms with Gasteiger partial charge < -0.3 is 9.84 Å². The molecular formula is C14H24N4O. The molecule has 5 nitrogen and oxygen atoms in total. The molecule has 2 atom stereocenters. The SMILES string of the molecule is CC(C)(C)c1noc(CN2CCC3CNCC3C2)n1. The van der Waals surface area contributed by atoms with Crippen LogP contribution >= 0.6 is 0 Å². The Morgan fingerprint density at radius 1 is 1.32 bits per heavy atom. The predicted octanol–water partition coefficient (Wildman–Crippen LogP) is 1.41. The maximum atomic E-state index is 5.39. The zero-order chi connectivity index (χ0) is 13.5. The van der Waals surface area contributed by atoms with Gasteiger partial charge in [0.25, 0.3) is 0 Å². The first-order valence-corrected chi connectivity index (χ1v) is 7.28. The summed E-state index contributed by atoms with van der Waals surface area (Å²) in [5, 5.41) is 7.59. The molecule has 1 aromatic rings. The second-order valence-electron chi connectivity index (χ2n) is 6.96. The maximum Gasteiger partial charge on any atom is 0.240 e. The number of fused-ring (bicyclic) bond motifs is 1. The Hall–Kier alpha value is -0.940. The Morgan fingerprint density at radius 3 is 2.84 bits per heavy atom. The van der Waals surface area contributed by atoms with Gasteiger partial charge in [0.2, 0.25) is 5.89 Å². The van der Waals surface area contributed by atoms with E-state index in [2.05, 4.69) is 41.1 Å². The van der Waals surface area contributed by atoms with Gasteiger partial charge in [0.1, 0.15) is 0 Å². The molecule has 1 aromatic heterocycles. The lowest BCUT2D eigenvalue weighted by molar-refractivity contribution is 0.128. The lowest BCUT2D eigenvalue weighted by Gasteiger charge is -2.33. The number of hydrogen-bond acceptors (Lipinski definition) is 5. The lowest BCUT2D eigenvalue weighted by atomic mass is 9.89. The van der Waals surface area contributed by atoms with E-state index in [1.165, 1.54) is 13.0 Å². The van der Waals surface area contributed by atoms with Crippen LogP contribution in [0, 0.1) is 11.8 Å². The van der Waals surface area contributed by atoms with Gasteiger partial charge in [-0.1, -0.05) is 25.9 Å². The van der Waals surface area contributed by atoms with Crippen LogP contribution in [0.5, 0.6) is 0 Å². The van der Waals surface area contributed by atoms with Crippen LogP contribution in [0.25, 0.3) is 0 Å².